The van der Waals surface area contributed by atoms with Crippen molar-refractivity contribution in [1.82, 2.24) is 5.32 Å². The van der Waals surface area contributed by atoms with Crippen LogP contribution in [0.5, 0.6) is 5.75 Å². The smallest absolute Gasteiger partial charge is 0.240 e. The second-order valence-electron chi connectivity index (χ2n) is 5.79. The number of carbonyl (C=O) groups excluding carboxylic acids is 1. The Hall–Kier alpha value is -2.36. The van der Waals surface area contributed by atoms with Crippen LogP contribution in [0.1, 0.15) is 24.9 Å². The fourth-order valence-electron chi connectivity index (χ4n) is 2.57. The van der Waals surface area contributed by atoms with Crippen LogP contribution in [0.4, 0.5) is 5.69 Å². The first-order chi connectivity index (χ1) is 12.6. The zero-order valence-electron chi connectivity index (χ0n) is 14.9. The topological polar surface area (TPSA) is 65.4 Å². The third kappa shape index (κ3) is 5.32. The van der Waals surface area contributed by atoms with Crippen molar-refractivity contribution in [2.75, 3.05) is 25.1 Å². The molecule has 0 saturated carbocycles. The maximum Gasteiger partial charge on any atom is 0.240 e. The molecule has 1 amide bonds. The van der Waals surface area contributed by atoms with Gasteiger partial charge in [0.1, 0.15) is 5.75 Å². The summed E-state index contributed by atoms with van der Waals surface area (Å²) >= 11 is 3.48. The molecular weight excluding hydrogens is 394 g/mol. The van der Waals surface area contributed by atoms with Crippen LogP contribution in [0.2, 0.25) is 0 Å². The Bertz CT molecular complexity index is 774. The van der Waals surface area contributed by atoms with Crippen LogP contribution < -0.4 is 15.0 Å². The van der Waals surface area contributed by atoms with Gasteiger partial charge in [-0.25, -0.2) is 0 Å². The summed E-state index contributed by atoms with van der Waals surface area (Å²) < 4.78 is 6.11. The van der Waals surface area contributed by atoms with Crippen LogP contribution in [-0.4, -0.2) is 26.1 Å². The fourth-order valence-corrected chi connectivity index (χ4v) is 3.13. The number of rotatable bonds is 8. The summed E-state index contributed by atoms with van der Waals surface area (Å²) in [6, 6.07) is 17.3. The van der Waals surface area contributed by atoms with Gasteiger partial charge in [-0.05, 0) is 52.7 Å². The summed E-state index contributed by atoms with van der Waals surface area (Å²) in [5.74, 6) is 0.703. The number of methoxy groups -OCH3 is 1. The molecule has 0 aromatic heterocycles. The van der Waals surface area contributed by atoms with E-state index >= 15 is 0 Å². The lowest BCUT2D eigenvalue weighted by Gasteiger charge is -2.23. The molecule has 0 spiro atoms. The number of nitrogens with zero attached hydrogens (tertiary/aromatic N) is 2. The summed E-state index contributed by atoms with van der Waals surface area (Å²) in [7, 11) is 1.62. The zero-order valence-corrected chi connectivity index (χ0v) is 16.5. The van der Waals surface area contributed by atoms with Gasteiger partial charge < -0.3 is 15.0 Å². The molecule has 136 valence electrons. The second kappa shape index (κ2) is 9.95. The molecule has 0 aliphatic heterocycles. The molecule has 26 heavy (non-hydrogen) atoms. The normalized spacial score (nSPS) is 11.5. The van der Waals surface area contributed by atoms with E-state index in [9.17, 15) is 4.79 Å². The van der Waals surface area contributed by atoms with Crippen molar-refractivity contribution in [3.8, 4) is 11.8 Å². The first-order valence-corrected chi connectivity index (χ1v) is 9.15. The Morgan fingerprint density at radius 2 is 2.04 bits per heavy atom. The van der Waals surface area contributed by atoms with E-state index in [1.54, 1.807) is 12.0 Å². The Morgan fingerprint density at radius 3 is 2.65 bits per heavy atom. The SMILES string of the molecule is COc1ccc(C(C)NCC(=O)N(CCC#N)c2ccccc2)cc1Br. The van der Waals surface area contributed by atoms with Gasteiger partial charge in [-0.3, -0.25) is 4.79 Å². The van der Waals surface area contributed by atoms with Gasteiger partial charge in [-0.1, -0.05) is 24.3 Å². The highest BCUT2D eigenvalue weighted by Crippen LogP contribution is 2.28. The first-order valence-electron chi connectivity index (χ1n) is 8.36. The summed E-state index contributed by atoms with van der Waals surface area (Å²) in [5, 5.41) is 12.1. The minimum atomic E-state index is -0.0640. The molecule has 2 rings (SSSR count). The van der Waals surface area contributed by atoms with E-state index in [-0.39, 0.29) is 18.5 Å². The Balaban J connectivity index is 2.02. The Kier molecular flexibility index (Phi) is 7.64. The number of nitriles is 1. The number of carbonyl (C=O) groups is 1. The number of halogens is 1. The third-order valence-electron chi connectivity index (χ3n) is 4.05. The van der Waals surface area contributed by atoms with E-state index in [1.165, 1.54) is 0 Å². The molecule has 1 atom stereocenters. The van der Waals surface area contributed by atoms with E-state index in [0.29, 0.717) is 13.0 Å². The van der Waals surface area contributed by atoms with Crippen molar-refractivity contribution in [1.29, 1.82) is 5.26 Å². The molecule has 0 aliphatic rings. The van der Waals surface area contributed by atoms with Gasteiger partial charge in [0, 0.05) is 18.3 Å². The van der Waals surface area contributed by atoms with Crippen molar-refractivity contribution in [2.24, 2.45) is 0 Å². The molecule has 0 aliphatic carbocycles. The van der Waals surface area contributed by atoms with Gasteiger partial charge in [0.05, 0.1) is 30.6 Å². The third-order valence-corrected chi connectivity index (χ3v) is 4.67. The van der Waals surface area contributed by atoms with Gasteiger partial charge in [0.2, 0.25) is 5.91 Å². The molecule has 2 aromatic carbocycles. The van der Waals surface area contributed by atoms with Gasteiger partial charge >= 0.3 is 0 Å². The number of amides is 1. The van der Waals surface area contributed by atoms with Crippen LogP contribution in [-0.2, 0) is 4.79 Å². The van der Waals surface area contributed by atoms with Crippen LogP contribution in [0.15, 0.2) is 53.0 Å². The van der Waals surface area contributed by atoms with Crippen molar-refractivity contribution in [3.63, 3.8) is 0 Å². The summed E-state index contributed by atoms with van der Waals surface area (Å²) in [6.45, 7) is 2.57. The van der Waals surface area contributed by atoms with E-state index in [4.69, 9.17) is 10.00 Å². The predicted molar refractivity (Wildman–Crippen MR) is 106 cm³/mol. The molecule has 0 radical (unpaired) electrons. The van der Waals surface area contributed by atoms with Crippen molar-refractivity contribution < 1.29 is 9.53 Å². The fraction of sp³-hybridized carbons (Fsp3) is 0.300. The van der Waals surface area contributed by atoms with E-state index in [2.05, 4.69) is 27.3 Å². The summed E-state index contributed by atoms with van der Waals surface area (Å²) in [4.78, 5) is 14.3. The zero-order chi connectivity index (χ0) is 18.9. The highest BCUT2D eigenvalue weighted by atomic mass is 79.9. The van der Waals surface area contributed by atoms with E-state index in [0.717, 1.165) is 21.5 Å². The number of hydrogen-bond donors (Lipinski definition) is 1. The molecule has 1 N–H and O–H groups in total. The highest BCUT2D eigenvalue weighted by molar-refractivity contribution is 9.10. The highest BCUT2D eigenvalue weighted by Gasteiger charge is 2.17. The molecule has 0 heterocycles. The number of anilines is 1. The summed E-state index contributed by atoms with van der Waals surface area (Å²) in [5.41, 5.74) is 1.85. The van der Waals surface area contributed by atoms with Crippen molar-refractivity contribution >= 4 is 27.5 Å². The molecule has 0 bridgehead atoms. The largest absolute Gasteiger partial charge is 0.496 e. The quantitative estimate of drug-likeness (QED) is 0.705. The minimum absolute atomic E-state index is 0.00486. The molecular formula is C20H22BrN3O2. The maximum absolute atomic E-state index is 12.7. The van der Waals surface area contributed by atoms with Crippen LogP contribution in [0.3, 0.4) is 0 Å². The van der Waals surface area contributed by atoms with Crippen LogP contribution in [0, 0.1) is 11.3 Å². The Morgan fingerprint density at radius 1 is 1.31 bits per heavy atom. The standard InChI is InChI=1S/C20H22BrN3O2/c1-15(16-9-10-19(26-2)18(21)13-16)23-14-20(25)24(12-6-11-22)17-7-4-3-5-8-17/h3-5,7-10,13,15,23H,6,12,14H2,1-2H3. The lowest BCUT2D eigenvalue weighted by molar-refractivity contribution is -0.117. The van der Waals surface area contributed by atoms with Gasteiger partial charge in [-0.2, -0.15) is 5.26 Å². The van der Waals surface area contributed by atoms with Crippen molar-refractivity contribution in [2.45, 2.75) is 19.4 Å². The number of hydrogen-bond acceptors (Lipinski definition) is 4. The maximum atomic E-state index is 12.7. The molecule has 0 fully saturated rings. The number of nitrogens with one attached hydrogen (secondary N) is 1. The number of para-hydroxylation sites is 1. The average Bonchev–Trinajstić information content (AvgIpc) is 2.67. The Labute approximate surface area is 162 Å². The van der Waals surface area contributed by atoms with Gasteiger partial charge in [0.25, 0.3) is 0 Å². The molecule has 0 saturated heterocycles. The van der Waals surface area contributed by atoms with Crippen LogP contribution >= 0.6 is 15.9 Å². The van der Waals surface area contributed by atoms with Crippen LogP contribution in [0.25, 0.3) is 0 Å². The second-order valence-corrected chi connectivity index (χ2v) is 6.64. The summed E-state index contributed by atoms with van der Waals surface area (Å²) in [6.07, 6.45) is 0.293. The number of ether oxygens (including phenoxy) is 1. The van der Waals surface area contributed by atoms with Gasteiger partial charge in [-0.15, -0.1) is 0 Å². The minimum Gasteiger partial charge on any atom is -0.496 e. The molecule has 2 aromatic rings. The van der Waals surface area contributed by atoms with Gasteiger partial charge in [0.15, 0.2) is 0 Å². The average molecular weight is 416 g/mol. The lowest BCUT2D eigenvalue weighted by Crippen LogP contribution is -2.39. The molecule has 1 unspecified atom stereocenters. The molecule has 5 nitrogen and oxygen atoms in total. The first kappa shape index (κ1) is 20.0. The van der Waals surface area contributed by atoms with E-state index in [1.807, 2.05) is 55.5 Å². The number of benzene rings is 2. The monoisotopic (exact) mass is 415 g/mol. The predicted octanol–water partition coefficient (Wildman–Crippen LogP) is 4.06. The van der Waals surface area contributed by atoms with Crippen molar-refractivity contribution in [3.05, 3.63) is 58.6 Å². The van der Waals surface area contributed by atoms with E-state index < -0.39 is 0 Å². The lowest BCUT2D eigenvalue weighted by atomic mass is 10.1. The molecule has 6 heteroatoms.